The Morgan fingerprint density at radius 3 is 2.94 bits per heavy atom. The smallest absolute Gasteiger partial charge is 0.307 e. The van der Waals surface area contributed by atoms with E-state index in [1.807, 2.05) is 0 Å². The van der Waals surface area contributed by atoms with Crippen LogP contribution >= 0.6 is 0 Å². The molecule has 0 saturated heterocycles. The maximum Gasteiger partial charge on any atom is 0.307 e. The third-order valence-corrected chi connectivity index (χ3v) is 2.10. The molecule has 5 heteroatoms. The van der Waals surface area contributed by atoms with Crippen LogP contribution in [0.3, 0.4) is 0 Å². The van der Waals surface area contributed by atoms with E-state index in [2.05, 4.69) is 5.18 Å². The number of benzene rings is 1. The number of hydrogen-bond acceptors (Lipinski definition) is 5. The second-order valence-electron chi connectivity index (χ2n) is 3.30. The fourth-order valence-electron chi connectivity index (χ4n) is 1.33. The largest absolute Gasteiger partial charge is 0.466 e. The van der Waals surface area contributed by atoms with Gasteiger partial charge in [0.2, 0.25) is 0 Å². The zero-order chi connectivity index (χ0) is 12.0. The second kappa shape index (κ2) is 5.97. The number of nitrogens with two attached hydrogens (primary N) is 1. The summed E-state index contributed by atoms with van der Waals surface area (Å²) in [6.07, 6.45) is 0.0934. The van der Waals surface area contributed by atoms with E-state index in [1.165, 1.54) is 0 Å². The van der Waals surface area contributed by atoms with Gasteiger partial charge in [-0.15, -0.1) is 4.91 Å². The van der Waals surface area contributed by atoms with Crippen LogP contribution in [0.15, 0.2) is 29.4 Å². The normalized spacial score (nSPS) is 11.9. The average Bonchev–Trinajstić information content (AvgIpc) is 2.29. The van der Waals surface area contributed by atoms with Crippen molar-refractivity contribution >= 4 is 11.7 Å². The van der Waals surface area contributed by atoms with Crippen LogP contribution in [0.2, 0.25) is 0 Å². The third kappa shape index (κ3) is 3.43. The zero-order valence-corrected chi connectivity index (χ0v) is 9.05. The van der Waals surface area contributed by atoms with E-state index < -0.39 is 6.04 Å². The summed E-state index contributed by atoms with van der Waals surface area (Å²) in [5, 5.41) is 2.81. The Bertz CT molecular complexity index is 379. The van der Waals surface area contributed by atoms with Crippen LogP contribution in [-0.2, 0) is 9.53 Å². The van der Waals surface area contributed by atoms with Crippen molar-refractivity contribution in [3.05, 3.63) is 34.7 Å². The van der Waals surface area contributed by atoms with Gasteiger partial charge in [-0.1, -0.05) is 12.1 Å². The summed E-state index contributed by atoms with van der Waals surface area (Å²) < 4.78 is 4.79. The lowest BCUT2D eigenvalue weighted by Crippen LogP contribution is -2.17. The van der Waals surface area contributed by atoms with Crippen LogP contribution in [-0.4, -0.2) is 12.6 Å². The summed E-state index contributed by atoms with van der Waals surface area (Å²) >= 11 is 0. The van der Waals surface area contributed by atoms with Crippen molar-refractivity contribution in [2.45, 2.75) is 19.4 Å². The predicted octanol–water partition coefficient (Wildman–Crippen LogP) is 2.04. The highest BCUT2D eigenvalue weighted by atomic mass is 16.5. The Morgan fingerprint density at radius 1 is 1.56 bits per heavy atom. The lowest BCUT2D eigenvalue weighted by molar-refractivity contribution is -0.143. The molecular formula is C11H14N2O3. The first-order valence-electron chi connectivity index (χ1n) is 5.02. The quantitative estimate of drug-likeness (QED) is 0.610. The van der Waals surface area contributed by atoms with E-state index in [9.17, 15) is 9.70 Å². The van der Waals surface area contributed by atoms with Gasteiger partial charge in [0.25, 0.3) is 0 Å². The number of hydrogen-bond donors (Lipinski definition) is 1. The molecule has 86 valence electrons. The van der Waals surface area contributed by atoms with E-state index in [-0.39, 0.29) is 12.4 Å². The maximum atomic E-state index is 11.2. The lowest BCUT2D eigenvalue weighted by atomic mass is 10.0. The Hall–Kier alpha value is -1.75. The molecule has 1 atom stereocenters. The first-order chi connectivity index (χ1) is 7.67. The lowest BCUT2D eigenvalue weighted by Gasteiger charge is -2.11. The Morgan fingerprint density at radius 2 is 2.31 bits per heavy atom. The molecule has 0 amide bonds. The summed E-state index contributed by atoms with van der Waals surface area (Å²) in [6, 6.07) is 6.10. The molecule has 0 heterocycles. The highest BCUT2D eigenvalue weighted by Gasteiger charge is 2.12. The summed E-state index contributed by atoms with van der Waals surface area (Å²) in [4.78, 5) is 21.5. The third-order valence-electron chi connectivity index (χ3n) is 2.10. The van der Waals surface area contributed by atoms with Gasteiger partial charge in [0.05, 0.1) is 13.0 Å². The van der Waals surface area contributed by atoms with Crippen LogP contribution in [0.1, 0.15) is 24.9 Å². The molecule has 0 aliphatic carbocycles. The average molecular weight is 222 g/mol. The minimum atomic E-state index is -0.472. The molecule has 1 rings (SSSR count). The molecule has 1 aromatic rings. The standard InChI is InChI=1S/C11H14N2O3/c1-2-16-11(14)7-10(12)8-4-3-5-9(6-8)13-15/h3-6,10H,2,7,12H2,1H3. The van der Waals surface area contributed by atoms with Gasteiger partial charge >= 0.3 is 5.97 Å². The highest BCUT2D eigenvalue weighted by Crippen LogP contribution is 2.20. The van der Waals surface area contributed by atoms with E-state index in [4.69, 9.17) is 10.5 Å². The summed E-state index contributed by atoms with van der Waals surface area (Å²) in [5.41, 5.74) is 6.81. The van der Waals surface area contributed by atoms with Crippen molar-refractivity contribution in [1.82, 2.24) is 0 Å². The van der Waals surface area contributed by atoms with Crippen LogP contribution in [0.4, 0.5) is 5.69 Å². The molecule has 0 saturated carbocycles. The minimum absolute atomic E-state index is 0.0934. The van der Waals surface area contributed by atoms with E-state index in [0.29, 0.717) is 17.9 Å². The van der Waals surface area contributed by atoms with Crippen molar-refractivity contribution in [1.29, 1.82) is 0 Å². The van der Waals surface area contributed by atoms with Crippen molar-refractivity contribution in [3.8, 4) is 0 Å². The molecule has 0 bridgehead atoms. The van der Waals surface area contributed by atoms with Crippen molar-refractivity contribution in [2.75, 3.05) is 6.61 Å². The number of carbonyl (C=O) groups excluding carboxylic acids is 1. The Kier molecular flexibility index (Phi) is 4.60. The topological polar surface area (TPSA) is 81.8 Å². The molecular weight excluding hydrogens is 208 g/mol. The first kappa shape index (κ1) is 12.3. The number of esters is 1. The maximum absolute atomic E-state index is 11.2. The molecule has 0 radical (unpaired) electrons. The van der Waals surface area contributed by atoms with Crippen molar-refractivity contribution in [2.24, 2.45) is 10.9 Å². The van der Waals surface area contributed by atoms with Gasteiger partial charge < -0.3 is 10.5 Å². The number of carbonyl (C=O) groups is 1. The minimum Gasteiger partial charge on any atom is -0.466 e. The fraction of sp³-hybridized carbons (Fsp3) is 0.364. The second-order valence-corrected chi connectivity index (χ2v) is 3.30. The summed E-state index contributed by atoms with van der Waals surface area (Å²) in [5.74, 6) is -0.348. The van der Waals surface area contributed by atoms with Gasteiger partial charge in [-0.25, -0.2) is 0 Å². The molecule has 0 aliphatic rings. The number of nitroso groups, excluding NO2 is 1. The van der Waals surface area contributed by atoms with Gasteiger partial charge in [-0.05, 0) is 29.8 Å². The SMILES string of the molecule is CCOC(=O)CC(N)c1cccc(N=O)c1. The molecule has 0 spiro atoms. The van der Waals surface area contributed by atoms with Gasteiger partial charge in [0, 0.05) is 6.04 Å². The monoisotopic (exact) mass is 222 g/mol. The fourth-order valence-corrected chi connectivity index (χ4v) is 1.33. The van der Waals surface area contributed by atoms with Crippen LogP contribution in [0.25, 0.3) is 0 Å². The van der Waals surface area contributed by atoms with E-state index >= 15 is 0 Å². The molecule has 2 N–H and O–H groups in total. The molecule has 5 nitrogen and oxygen atoms in total. The van der Waals surface area contributed by atoms with E-state index in [0.717, 1.165) is 0 Å². The predicted molar refractivity (Wildman–Crippen MR) is 60.1 cm³/mol. The van der Waals surface area contributed by atoms with Gasteiger partial charge in [0.15, 0.2) is 0 Å². The number of ether oxygens (including phenoxy) is 1. The molecule has 1 unspecified atom stereocenters. The van der Waals surface area contributed by atoms with Gasteiger partial charge in [-0.3, -0.25) is 4.79 Å². The molecule has 1 aromatic carbocycles. The zero-order valence-electron chi connectivity index (χ0n) is 9.05. The highest BCUT2D eigenvalue weighted by molar-refractivity contribution is 5.70. The number of rotatable bonds is 5. The first-order valence-corrected chi connectivity index (χ1v) is 5.02. The Labute approximate surface area is 93.6 Å². The summed E-state index contributed by atoms with van der Waals surface area (Å²) in [6.45, 7) is 2.07. The van der Waals surface area contributed by atoms with Gasteiger partial charge in [-0.2, -0.15) is 0 Å². The van der Waals surface area contributed by atoms with Crippen LogP contribution in [0, 0.1) is 4.91 Å². The van der Waals surface area contributed by atoms with Crippen molar-refractivity contribution in [3.63, 3.8) is 0 Å². The van der Waals surface area contributed by atoms with Crippen LogP contribution < -0.4 is 5.73 Å². The Balaban J connectivity index is 2.68. The molecule has 16 heavy (non-hydrogen) atoms. The number of nitrogens with zero attached hydrogens (tertiary/aromatic N) is 1. The van der Waals surface area contributed by atoms with Gasteiger partial charge in [0.1, 0.15) is 5.69 Å². The molecule has 0 aliphatic heterocycles. The molecule has 0 fully saturated rings. The summed E-state index contributed by atoms with van der Waals surface area (Å²) in [7, 11) is 0. The molecule has 0 aromatic heterocycles. The van der Waals surface area contributed by atoms with E-state index in [1.54, 1.807) is 31.2 Å². The van der Waals surface area contributed by atoms with Crippen molar-refractivity contribution < 1.29 is 9.53 Å². The van der Waals surface area contributed by atoms with Crippen LogP contribution in [0.5, 0.6) is 0 Å².